The molecule has 2 aliphatic rings. The summed E-state index contributed by atoms with van der Waals surface area (Å²) in [6.45, 7) is 5.12. The van der Waals surface area contributed by atoms with Crippen LogP contribution in [0, 0.1) is 0 Å². The quantitative estimate of drug-likeness (QED) is 0.254. The lowest BCUT2D eigenvalue weighted by Crippen LogP contribution is -2.10. The van der Waals surface area contributed by atoms with Crippen molar-refractivity contribution in [1.29, 1.82) is 0 Å². The van der Waals surface area contributed by atoms with E-state index in [-0.39, 0.29) is 15.8 Å². The zero-order valence-corrected chi connectivity index (χ0v) is 20.5. The maximum absolute atomic E-state index is 2.56. The van der Waals surface area contributed by atoms with E-state index in [0.29, 0.717) is 11.3 Å². The Morgan fingerprint density at radius 3 is 1.25 bits per heavy atom. The van der Waals surface area contributed by atoms with Crippen molar-refractivity contribution < 1.29 is 0 Å². The number of hydrogen-bond acceptors (Lipinski definition) is 0. The highest BCUT2D eigenvalue weighted by Gasteiger charge is 2.39. The molecular formula is C30H28P2. The summed E-state index contributed by atoms with van der Waals surface area (Å²) in [7, 11) is -0.401. The Labute approximate surface area is 194 Å². The van der Waals surface area contributed by atoms with Crippen LogP contribution in [0.2, 0.25) is 0 Å². The van der Waals surface area contributed by atoms with E-state index in [1.165, 1.54) is 45.7 Å². The molecule has 0 aromatic heterocycles. The van der Waals surface area contributed by atoms with Crippen LogP contribution in [0.3, 0.4) is 0 Å². The Hall–Kier alpha value is -2.26. The van der Waals surface area contributed by atoms with Gasteiger partial charge in [-0.15, -0.1) is 0 Å². The van der Waals surface area contributed by atoms with Gasteiger partial charge in [0, 0.05) is 11.3 Å². The van der Waals surface area contributed by atoms with Crippen LogP contribution in [-0.2, 0) is 12.3 Å². The highest BCUT2D eigenvalue weighted by molar-refractivity contribution is 7.60. The average Bonchev–Trinajstić information content (AvgIpc) is 3.02. The normalized spacial score (nSPS) is 23.7. The van der Waals surface area contributed by atoms with Crippen molar-refractivity contribution in [3.8, 4) is 22.3 Å². The van der Waals surface area contributed by atoms with Gasteiger partial charge in [-0.3, -0.25) is 0 Å². The number of hydrogen-bond donors (Lipinski definition) is 0. The third-order valence-corrected chi connectivity index (χ3v) is 12.2. The number of benzene rings is 4. The second kappa shape index (κ2) is 8.26. The first-order valence-corrected chi connectivity index (χ1v) is 15.6. The molecule has 0 amide bonds. The maximum Gasteiger partial charge on any atom is 0.0157 e. The second-order valence-corrected chi connectivity index (χ2v) is 14.0. The Kier molecular flexibility index (Phi) is 5.25. The third-order valence-electron chi connectivity index (χ3n) is 7.26. The standard InChI is InChI=1S/C30H28P2/c1-31-19-21-11-3-5-13-23(21)25-15-7-9-17-27(25)29(31)30-28-18-10-8-16-26(28)24-14-6-4-12-22(24)20-32(30)2/h3-18,29-30H,19-20H2,1-2H3/t29-,30-,31+,32+/m1/s1. The van der Waals surface area contributed by atoms with E-state index in [2.05, 4.69) is 110 Å². The average molecular weight is 451 g/mol. The predicted molar refractivity (Wildman–Crippen MR) is 142 cm³/mol. The van der Waals surface area contributed by atoms with Gasteiger partial charge in [-0.2, -0.15) is 0 Å². The molecule has 0 saturated heterocycles. The highest BCUT2D eigenvalue weighted by Crippen LogP contribution is 2.71. The second-order valence-electron chi connectivity index (χ2n) is 9.21. The monoisotopic (exact) mass is 450 g/mol. The molecule has 2 heteroatoms. The van der Waals surface area contributed by atoms with E-state index in [1.807, 2.05) is 0 Å². The van der Waals surface area contributed by atoms with Crippen LogP contribution in [0.4, 0.5) is 0 Å². The molecule has 0 radical (unpaired) electrons. The van der Waals surface area contributed by atoms with Gasteiger partial charge in [0.25, 0.3) is 0 Å². The Morgan fingerprint density at radius 2 is 0.812 bits per heavy atom. The van der Waals surface area contributed by atoms with Crippen LogP contribution in [-0.4, -0.2) is 13.3 Å². The van der Waals surface area contributed by atoms with Crippen molar-refractivity contribution >= 4 is 15.8 Å². The number of fused-ring (bicyclic) bond motifs is 6. The largest absolute Gasteiger partial charge is 0.0967 e. The Bertz CT molecular complexity index is 1190. The zero-order valence-electron chi connectivity index (χ0n) is 18.7. The van der Waals surface area contributed by atoms with Crippen molar-refractivity contribution in [3.63, 3.8) is 0 Å². The van der Waals surface area contributed by atoms with E-state index in [1.54, 1.807) is 11.1 Å². The van der Waals surface area contributed by atoms with E-state index >= 15 is 0 Å². The Balaban J connectivity index is 1.58. The van der Waals surface area contributed by atoms with E-state index in [0.717, 1.165) is 0 Å². The fourth-order valence-electron chi connectivity index (χ4n) is 5.87. The van der Waals surface area contributed by atoms with Crippen molar-refractivity contribution in [2.45, 2.75) is 23.6 Å². The topological polar surface area (TPSA) is 0 Å². The van der Waals surface area contributed by atoms with Crippen LogP contribution in [0.1, 0.15) is 33.6 Å². The minimum Gasteiger partial charge on any atom is -0.0967 e. The molecule has 32 heavy (non-hydrogen) atoms. The number of rotatable bonds is 1. The summed E-state index contributed by atoms with van der Waals surface area (Å²) < 4.78 is 0. The lowest BCUT2D eigenvalue weighted by molar-refractivity contribution is 0.881. The molecule has 0 spiro atoms. The molecule has 4 aromatic rings. The molecule has 6 rings (SSSR count). The van der Waals surface area contributed by atoms with Gasteiger partial charge < -0.3 is 0 Å². The van der Waals surface area contributed by atoms with Gasteiger partial charge >= 0.3 is 0 Å². The van der Waals surface area contributed by atoms with Gasteiger partial charge in [0.1, 0.15) is 0 Å². The van der Waals surface area contributed by atoms with Crippen LogP contribution < -0.4 is 0 Å². The van der Waals surface area contributed by atoms with Crippen LogP contribution in [0.15, 0.2) is 97.1 Å². The summed E-state index contributed by atoms with van der Waals surface area (Å²) >= 11 is 0. The SMILES string of the molecule is C[P@@]1Cc2ccccc2-c2ccccc2[C@@H]1[C@H]1c2ccccc2-c2ccccc2C[P@]1C. The van der Waals surface area contributed by atoms with Crippen molar-refractivity contribution in [2.24, 2.45) is 0 Å². The van der Waals surface area contributed by atoms with Crippen LogP contribution in [0.25, 0.3) is 22.3 Å². The van der Waals surface area contributed by atoms with Crippen molar-refractivity contribution in [3.05, 3.63) is 119 Å². The highest BCUT2D eigenvalue weighted by atomic mass is 31.1. The van der Waals surface area contributed by atoms with Gasteiger partial charge in [-0.25, -0.2) is 0 Å². The first-order chi connectivity index (χ1) is 15.7. The first kappa shape index (κ1) is 20.4. The summed E-state index contributed by atoms with van der Waals surface area (Å²) in [5.74, 6) is 0. The summed E-state index contributed by atoms with van der Waals surface area (Å²) in [4.78, 5) is 0. The molecule has 0 fully saturated rings. The van der Waals surface area contributed by atoms with Gasteiger partial charge in [0.15, 0.2) is 0 Å². The molecule has 2 aliphatic heterocycles. The molecule has 0 N–H and O–H groups in total. The third kappa shape index (κ3) is 3.28. The molecule has 0 saturated carbocycles. The maximum atomic E-state index is 2.56. The summed E-state index contributed by atoms with van der Waals surface area (Å²) in [5.41, 5.74) is 13.2. The minimum atomic E-state index is -0.200. The van der Waals surface area contributed by atoms with E-state index in [9.17, 15) is 0 Å². The van der Waals surface area contributed by atoms with Gasteiger partial charge in [0.05, 0.1) is 0 Å². The van der Waals surface area contributed by atoms with Crippen molar-refractivity contribution in [1.82, 2.24) is 0 Å². The Morgan fingerprint density at radius 1 is 0.469 bits per heavy atom. The first-order valence-electron chi connectivity index (χ1n) is 11.5. The fraction of sp³-hybridized carbons (Fsp3) is 0.200. The molecule has 4 atom stereocenters. The molecule has 0 bridgehead atoms. The molecule has 0 unspecified atom stereocenters. The van der Waals surface area contributed by atoms with Gasteiger partial charge in [0.2, 0.25) is 0 Å². The lowest BCUT2D eigenvalue weighted by atomic mass is 9.89. The molecule has 2 heterocycles. The summed E-state index contributed by atoms with van der Waals surface area (Å²) in [6.07, 6.45) is 2.42. The molecule has 158 valence electrons. The smallest absolute Gasteiger partial charge is 0.0157 e. The van der Waals surface area contributed by atoms with E-state index < -0.39 is 0 Å². The summed E-state index contributed by atoms with van der Waals surface area (Å²) in [6, 6.07) is 36.8. The van der Waals surface area contributed by atoms with Crippen LogP contribution >= 0.6 is 15.8 Å². The predicted octanol–water partition coefficient (Wildman–Crippen LogP) is 9.05. The molecule has 0 aliphatic carbocycles. The van der Waals surface area contributed by atoms with Crippen LogP contribution in [0.5, 0.6) is 0 Å². The lowest BCUT2D eigenvalue weighted by Gasteiger charge is -2.36. The van der Waals surface area contributed by atoms with E-state index in [4.69, 9.17) is 0 Å². The van der Waals surface area contributed by atoms with Gasteiger partial charge in [-0.05, 0) is 70.2 Å². The molecular weight excluding hydrogens is 422 g/mol. The zero-order chi connectivity index (χ0) is 21.7. The van der Waals surface area contributed by atoms with Gasteiger partial charge in [-0.1, -0.05) is 113 Å². The molecule has 0 nitrogen and oxygen atoms in total. The van der Waals surface area contributed by atoms with Crippen molar-refractivity contribution in [2.75, 3.05) is 13.3 Å². The fourth-order valence-corrected chi connectivity index (χ4v) is 11.9. The summed E-state index contributed by atoms with van der Waals surface area (Å²) in [5, 5.41) is 0. The molecule has 4 aromatic carbocycles. The minimum absolute atomic E-state index is 0.200.